The van der Waals surface area contributed by atoms with Crippen LogP contribution in [0.4, 0.5) is 24.5 Å². The Bertz CT molecular complexity index is 1090. The van der Waals surface area contributed by atoms with Crippen molar-refractivity contribution in [1.29, 1.82) is 5.26 Å². The highest BCUT2D eigenvalue weighted by atomic mass is 32.1. The molecule has 0 spiro atoms. The van der Waals surface area contributed by atoms with Crippen molar-refractivity contribution in [3.63, 3.8) is 0 Å². The van der Waals surface area contributed by atoms with Gasteiger partial charge in [-0.05, 0) is 81.6 Å². The molecule has 1 heterocycles. The molecular weight excluding hydrogens is 461 g/mol. The molecule has 1 aliphatic heterocycles. The number of benzene rings is 2. The topological polar surface area (TPSA) is 59.4 Å². The molecule has 0 atom stereocenters. The lowest BCUT2D eigenvalue weighted by Gasteiger charge is -2.38. The molecule has 0 bridgehead atoms. The lowest BCUT2D eigenvalue weighted by Crippen LogP contribution is -2.55. The van der Waals surface area contributed by atoms with Crippen molar-refractivity contribution in [3.05, 3.63) is 59.2 Å². The number of anilines is 2. The van der Waals surface area contributed by atoms with Gasteiger partial charge in [0.15, 0.2) is 0 Å². The van der Waals surface area contributed by atoms with E-state index in [-0.39, 0.29) is 5.69 Å². The van der Waals surface area contributed by atoms with Gasteiger partial charge in [-0.2, -0.15) is 18.4 Å². The number of thiocarbonyl (C=S) groups is 1. The second-order valence-corrected chi connectivity index (χ2v) is 9.06. The molecule has 1 aliphatic rings. The largest absolute Gasteiger partial charge is 0.417 e. The number of rotatable bonds is 6. The summed E-state index contributed by atoms with van der Waals surface area (Å²) in [6.07, 6.45) is -2.58. The molecule has 1 fully saturated rings. The van der Waals surface area contributed by atoms with Crippen LogP contribution in [-0.4, -0.2) is 37.1 Å². The van der Waals surface area contributed by atoms with Crippen LogP contribution in [0.25, 0.3) is 0 Å². The third kappa shape index (κ3) is 5.24. The van der Waals surface area contributed by atoms with Crippen LogP contribution in [0.15, 0.2) is 42.5 Å². The molecule has 0 aromatic heterocycles. The van der Waals surface area contributed by atoms with Crippen molar-refractivity contribution < 1.29 is 18.0 Å². The minimum Gasteiger partial charge on any atom is -0.324 e. The maximum atomic E-state index is 13.4. The lowest BCUT2D eigenvalue weighted by molar-refractivity contribution is -0.137. The van der Waals surface area contributed by atoms with Crippen LogP contribution in [0.5, 0.6) is 0 Å². The Morgan fingerprint density at radius 2 is 1.71 bits per heavy atom. The first-order valence-corrected chi connectivity index (χ1v) is 11.4. The highest BCUT2D eigenvalue weighted by Crippen LogP contribution is 2.35. The van der Waals surface area contributed by atoms with Crippen molar-refractivity contribution in [2.24, 2.45) is 0 Å². The summed E-state index contributed by atoms with van der Waals surface area (Å²) in [5, 5.41) is 12.4. The molecule has 180 valence electrons. The van der Waals surface area contributed by atoms with E-state index < -0.39 is 28.7 Å². The third-order valence-electron chi connectivity index (χ3n) is 6.33. The predicted molar refractivity (Wildman–Crippen MR) is 131 cm³/mol. The van der Waals surface area contributed by atoms with E-state index in [0.717, 1.165) is 48.7 Å². The number of nitrogens with zero attached hydrogens (tertiary/aromatic N) is 3. The van der Waals surface area contributed by atoms with E-state index in [1.807, 2.05) is 24.3 Å². The first kappa shape index (κ1) is 25.7. The summed E-state index contributed by atoms with van der Waals surface area (Å²) in [6, 6.07) is 12.7. The first-order chi connectivity index (χ1) is 16.0. The molecule has 2 aromatic carbocycles. The number of hydrogen-bond donors (Lipinski definition) is 1. The summed E-state index contributed by atoms with van der Waals surface area (Å²) in [4.78, 5) is 16.2. The zero-order valence-corrected chi connectivity index (χ0v) is 20.1. The number of alkyl halides is 3. The monoisotopic (exact) mass is 488 g/mol. The SMILES string of the molecule is CN(C(=O)C(C)(C)N(C=S)c1ccc(C2CCNCC2)cc1)c1ccc(C#N)c(C(F)(F)F)c1. The number of likely N-dealkylation sites (N-methyl/N-ethyl adjacent to an activating group) is 1. The Balaban J connectivity index is 1.86. The van der Waals surface area contributed by atoms with E-state index in [9.17, 15) is 18.0 Å². The fraction of sp³-hybridized carbons (Fsp3) is 0.400. The zero-order valence-electron chi connectivity index (χ0n) is 19.3. The number of halogens is 3. The Labute approximate surface area is 203 Å². The summed E-state index contributed by atoms with van der Waals surface area (Å²) in [6.45, 7) is 5.31. The van der Waals surface area contributed by atoms with Crippen molar-refractivity contribution in [1.82, 2.24) is 5.32 Å². The van der Waals surface area contributed by atoms with Gasteiger partial charge in [-0.25, -0.2) is 0 Å². The molecule has 3 rings (SSSR count). The number of carbonyl (C=O) groups excluding carboxylic acids is 1. The molecule has 0 saturated carbocycles. The number of nitriles is 1. The molecule has 0 aliphatic carbocycles. The van der Waals surface area contributed by atoms with E-state index in [4.69, 9.17) is 17.5 Å². The Kier molecular flexibility index (Phi) is 7.64. The van der Waals surface area contributed by atoms with Gasteiger partial charge in [0, 0.05) is 18.4 Å². The van der Waals surface area contributed by atoms with Crippen LogP contribution in [0.1, 0.15) is 49.3 Å². The molecule has 0 radical (unpaired) electrons. The molecule has 0 unspecified atom stereocenters. The second-order valence-electron chi connectivity index (χ2n) is 8.85. The van der Waals surface area contributed by atoms with Gasteiger partial charge in [-0.1, -0.05) is 24.4 Å². The Morgan fingerprint density at radius 1 is 1.12 bits per heavy atom. The molecule has 1 N–H and O–H groups in total. The lowest BCUT2D eigenvalue weighted by atomic mass is 9.90. The van der Waals surface area contributed by atoms with Gasteiger partial charge in [0.2, 0.25) is 0 Å². The fourth-order valence-corrected chi connectivity index (χ4v) is 4.67. The maximum absolute atomic E-state index is 13.4. The average molecular weight is 489 g/mol. The highest BCUT2D eigenvalue weighted by Gasteiger charge is 2.38. The Morgan fingerprint density at radius 3 is 2.24 bits per heavy atom. The van der Waals surface area contributed by atoms with Gasteiger partial charge in [-0.3, -0.25) is 4.79 Å². The first-order valence-electron chi connectivity index (χ1n) is 11.0. The fourth-order valence-electron chi connectivity index (χ4n) is 4.28. The van der Waals surface area contributed by atoms with Gasteiger partial charge < -0.3 is 15.1 Å². The van der Waals surface area contributed by atoms with Crippen molar-refractivity contribution in [2.75, 3.05) is 29.9 Å². The molecule has 5 nitrogen and oxygen atoms in total. The van der Waals surface area contributed by atoms with Crippen LogP contribution in [0, 0.1) is 11.3 Å². The summed E-state index contributed by atoms with van der Waals surface area (Å²) in [7, 11) is 1.41. The average Bonchev–Trinajstić information content (AvgIpc) is 2.83. The number of hydrogen-bond acceptors (Lipinski definition) is 4. The molecular formula is C25H27F3N4OS. The third-order valence-corrected chi connectivity index (χ3v) is 6.54. The van der Waals surface area contributed by atoms with E-state index in [1.54, 1.807) is 24.8 Å². The summed E-state index contributed by atoms with van der Waals surface area (Å²) in [5.41, 5.74) is 0.610. The molecule has 1 amide bonds. The van der Waals surface area contributed by atoms with Crippen LogP contribution >= 0.6 is 12.2 Å². The van der Waals surface area contributed by atoms with E-state index >= 15 is 0 Å². The van der Waals surface area contributed by atoms with Crippen LogP contribution in [0.2, 0.25) is 0 Å². The summed E-state index contributed by atoms with van der Waals surface area (Å²) >= 11 is 5.22. The van der Waals surface area contributed by atoms with Gasteiger partial charge in [-0.15, -0.1) is 0 Å². The zero-order chi connectivity index (χ0) is 25.1. The van der Waals surface area contributed by atoms with Gasteiger partial charge in [0.1, 0.15) is 5.54 Å². The second kappa shape index (κ2) is 10.1. The van der Waals surface area contributed by atoms with Crippen LogP contribution < -0.4 is 15.1 Å². The van der Waals surface area contributed by atoms with Crippen LogP contribution in [0.3, 0.4) is 0 Å². The smallest absolute Gasteiger partial charge is 0.324 e. The van der Waals surface area contributed by atoms with E-state index in [0.29, 0.717) is 5.92 Å². The number of nitrogens with one attached hydrogen (secondary N) is 1. The minimum atomic E-state index is -4.71. The minimum absolute atomic E-state index is 0.0370. The normalized spacial score (nSPS) is 14.9. The number of amides is 1. The molecule has 2 aromatic rings. The van der Waals surface area contributed by atoms with Gasteiger partial charge >= 0.3 is 6.18 Å². The molecule has 9 heteroatoms. The highest BCUT2D eigenvalue weighted by molar-refractivity contribution is 7.79. The van der Waals surface area contributed by atoms with Crippen molar-refractivity contribution in [3.8, 4) is 6.07 Å². The van der Waals surface area contributed by atoms with Crippen molar-refractivity contribution in [2.45, 2.75) is 44.3 Å². The summed E-state index contributed by atoms with van der Waals surface area (Å²) in [5.74, 6) is 0.0325. The number of piperidine rings is 1. The number of carbonyl (C=O) groups is 1. The maximum Gasteiger partial charge on any atom is 0.417 e. The standard InChI is InChI=1S/C25H27F3N4OS/c1-24(2,23(33)31(3)21-9-6-19(15-29)22(14-21)25(26,27)28)32(16-34)20-7-4-17(5-8-20)18-10-12-30-13-11-18/h4-9,14,16,18,30H,10-13H2,1-3H3. The van der Waals surface area contributed by atoms with Crippen molar-refractivity contribution >= 4 is 35.0 Å². The van der Waals surface area contributed by atoms with Gasteiger partial charge in [0.25, 0.3) is 5.91 Å². The predicted octanol–water partition coefficient (Wildman–Crippen LogP) is 5.25. The summed E-state index contributed by atoms with van der Waals surface area (Å²) < 4.78 is 40.2. The van der Waals surface area contributed by atoms with E-state index in [2.05, 4.69) is 5.32 Å². The molecule has 34 heavy (non-hydrogen) atoms. The Hall–Kier alpha value is -2.96. The quantitative estimate of drug-likeness (QED) is 0.563. The van der Waals surface area contributed by atoms with Crippen LogP contribution in [-0.2, 0) is 11.0 Å². The van der Waals surface area contributed by atoms with E-state index in [1.165, 1.54) is 24.2 Å². The van der Waals surface area contributed by atoms with Gasteiger partial charge in [0.05, 0.1) is 22.7 Å². The molecule has 1 saturated heterocycles.